The number of thioether (sulfide) groups is 1. The highest BCUT2D eigenvalue weighted by Gasteiger charge is 2.33. The predicted octanol–water partition coefficient (Wildman–Crippen LogP) is 5.84. The van der Waals surface area contributed by atoms with E-state index in [9.17, 15) is 0 Å². The molecule has 2 heterocycles. The molecule has 5 nitrogen and oxygen atoms in total. The van der Waals surface area contributed by atoms with Crippen LogP contribution in [0.15, 0.2) is 63.6 Å². The van der Waals surface area contributed by atoms with Crippen molar-refractivity contribution in [3.8, 4) is 11.4 Å². The van der Waals surface area contributed by atoms with E-state index in [0.29, 0.717) is 11.7 Å². The van der Waals surface area contributed by atoms with E-state index in [1.54, 1.807) is 11.8 Å². The van der Waals surface area contributed by atoms with E-state index in [1.807, 2.05) is 12.1 Å². The number of aromatic nitrogens is 2. The first-order chi connectivity index (χ1) is 15.0. The maximum absolute atomic E-state index is 5.79. The first-order valence-electron chi connectivity index (χ1n) is 10.4. The summed E-state index contributed by atoms with van der Waals surface area (Å²) in [6.45, 7) is 7.11. The van der Waals surface area contributed by atoms with Crippen molar-refractivity contribution in [2.24, 2.45) is 0 Å². The molecule has 1 N–H and O–H groups in total. The smallest absolute Gasteiger partial charge is 0.258 e. The van der Waals surface area contributed by atoms with Crippen LogP contribution in [-0.2, 0) is 0 Å². The summed E-state index contributed by atoms with van der Waals surface area (Å²) in [7, 11) is 0. The lowest BCUT2D eigenvalue weighted by molar-refractivity contribution is 0.396. The number of hydrogen-bond donors (Lipinski definition) is 1. The van der Waals surface area contributed by atoms with E-state index < -0.39 is 0 Å². The van der Waals surface area contributed by atoms with Crippen LogP contribution < -0.4 is 5.32 Å². The highest BCUT2D eigenvalue weighted by atomic mass is 32.2. The van der Waals surface area contributed by atoms with Crippen LogP contribution in [0.5, 0.6) is 0 Å². The van der Waals surface area contributed by atoms with Gasteiger partial charge in [-0.15, -0.1) is 11.8 Å². The second kappa shape index (κ2) is 9.24. The number of benzene rings is 2. The Kier molecular flexibility index (Phi) is 6.43. The fourth-order valence-corrected chi connectivity index (χ4v) is 4.59. The van der Waals surface area contributed by atoms with Crippen molar-refractivity contribution in [1.29, 1.82) is 0 Å². The molecule has 1 aromatic heterocycles. The average molecular weight is 451 g/mol. The van der Waals surface area contributed by atoms with Gasteiger partial charge in [-0.1, -0.05) is 48.0 Å². The number of thiocarbonyl (C=S) groups is 1. The summed E-state index contributed by atoms with van der Waals surface area (Å²) < 4.78 is 5.79. The van der Waals surface area contributed by atoms with Crippen LogP contribution in [0.3, 0.4) is 0 Å². The number of allylic oxidation sites excluding steroid dienone is 1. The van der Waals surface area contributed by atoms with E-state index in [-0.39, 0.29) is 6.04 Å². The molecule has 0 aliphatic carbocycles. The Labute approximate surface area is 192 Å². The van der Waals surface area contributed by atoms with Crippen molar-refractivity contribution in [1.82, 2.24) is 20.4 Å². The maximum Gasteiger partial charge on any atom is 0.258 e. The average Bonchev–Trinajstić information content (AvgIpc) is 3.26. The number of hydrogen-bond acceptors (Lipinski definition) is 5. The van der Waals surface area contributed by atoms with Gasteiger partial charge in [0, 0.05) is 22.7 Å². The minimum absolute atomic E-state index is 0.151. The molecular weight excluding hydrogens is 424 g/mol. The maximum atomic E-state index is 5.79. The SMILES string of the molecule is CCCN1C(=S)NC(c2ccc(SC)cc2)C(c2nc(-c3cccc(C)c3)no2)=C1C. The van der Waals surface area contributed by atoms with E-state index in [4.69, 9.17) is 21.7 Å². The molecule has 31 heavy (non-hydrogen) atoms. The molecule has 1 aliphatic heterocycles. The summed E-state index contributed by atoms with van der Waals surface area (Å²) in [6.07, 6.45) is 3.06. The lowest BCUT2D eigenvalue weighted by Crippen LogP contribution is -2.46. The quantitative estimate of drug-likeness (QED) is 0.374. The van der Waals surface area contributed by atoms with E-state index in [1.165, 1.54) is 4.90 Å². The molecule has 1 atom stereocenters. The summed E-state index contributed by atoms with van der Waals surface area (Å²) >= 11 is 7.43. The zero-order chi connectivity index (χ0) is 22.0. The lowest BCUT2D eigenvalue weighted by atomic mass is 9.95. The number of nitrogens with one attached hydrogen (secondary N) is 1. The molecule has 3 aromatic rings. The Balaban J connectivity index is 1.80. The van der Waals surface area contributed by atoms with Gasteiger partial charge in [0.1, 0.15) is 0 Å². The second-order valence-electron chi connectivity index (χ2n) is 7.60. The van der Waals surface area contributed by atoms with Crippen molar-refractivity contribution in [2.75, 3.05) is 12.8 Å². The van der Waals surface area contributed by atoms with Crippen molar-refractivity contribution in [3.05, 3.63) is 71.2 Å². The fourth-order valence-electron chi connectivity index (χ4n) is 3.83. The van der Waals surface area contributed by atoms with Gasteiger partial charge < -0.3 is 14.7 Å². The van der Waals surface area contributed by atoms with E-state index >= 15 is 0 Å². The molecule has 0 amide bonds. The van der Waals surface area contributed by atoms with Crippen molar-refractivity contribution < 1.29 is 4.52 Å². The first-order valence-corrected chi connectivity index (χ1v) is 12.0. The Morgan fingerprint density at radius 1 is 1.16 bits per heavy atom. The molecule has 7 heteroatoms. The van der Waals surface area contributed by atoms with E-state index in [0.717, 1.165) is 46.0 Å². The number of rotatable bonds is 6. The largest absolute Gasteiger partial charge is 0.351 e. The molecule has 0 spiro atoms. The van der Waals surface area contributed by atoms with Gasteiger partial charge in [-0.05, 0) is 62.5 Å². The molecule has 0 fully saturated rings. The Hall–Kier alpha value is -2.64. The molecule has 0 bridgehead atoms. The van der Waals surface area contributed by atoms with Crippen molar-refractivity contribution in [2.45, 2.75) is 38.1 Å². The van der Waals surface area contributed by atoms with Crippen LogP contribution >= 0.6 is 24.0 Å². The highest BCUT2D eigenvalue weighted by Crippen LogP contribution is 2.37. The molecule has 0 saturated heterocycles. The van der Waals surface area contributed by atoms with Gasteiger partial charge in [-0.2, -0.15) is 4.98 Å². The minimum atomic E-state index is -0.151. The molecule has 160 valence electrons. The Bertz CT molecular complexity index is 1120. The number of aryl methyl sites for hydroxylation is 1. The summed E-state index contributed by atoms with van der Waals surface area (Å²) in [6, 6.07) is 16.5. The molecule has 1 unspecified atom stereocenters. The van der Waals surface area contributed by atoms with Crippen LogP contribution in [0.2, 0.25) is 0 Å². The third kappa shape index (κ3) is 4.38. The van der Waals surface area contributed by atoms with Gasteiger partial charge in [-0.25, -0.2) is 0 Å². The second-order valence-corrected chi connectivity index (χ2v) is 8.87. The third-order valence-corrected chi connectivity index (χ3v) is 6.51. The van der Waals surface area contributed by atoms with Gasteiger partial charge in [0.15, 0.2) is 5.11 Å². The molecule has 2 aromatic carbocycles. The van der Waals surface area contributed by atoms with Crippen molar-refractivity contribution >= 4 is 34.7 Å². The van der Waals surface area contributed by atoms with Gasteiger partial charge in [0.05, 0.1) is 11.6 Å². The molecule has 4 rings (SSSR count). The van der Waals surface area contributed by atoms with Gasteiger partial charge >= 0.3 is 0 Å². The first kappa shape index (κ1) is 21.6. The van der Waals surface area contributed by atoms with E-state index in [2.05, 4.69) is 78.8 Å². The van der Waals surface area contributed by atoms with Crippen LogP contribution in [0.1, 0.15) is 43.3 Å². The zero-order valence-corrected chi connectivity index (χ0v) is 19.8. The predicted molar refractivity (Wildman–Crippen MR) is 131 cm³/mol. The molecule has 1 aliphatic rings. The van der Waals surface area contributed by atoms with Gasteiger partial charge in [-0.3, -0.25) is 0 Å². The lowest BCUT2D eigenvalue weighted by Gasteiger charge is -2.37. The fraction of sp³-hybridized carbons (Fsp3) is 0.292. The summed E-state index contributed by atoms with van der Waals surface area (Å²) in [5, 5.41) is 8.51. The van der Waals surface area contributed by atoms with Gasteiger partial charge in [0.25, 0.3) is 5.89 Å². The van der Waals surface area contributed by atoms with Crippen LogP contribution in [0, 0.1) is 6.92 Å². The van der Waals surface area contributed by atoms with Crippen LogP contribution in [0.25, 0.3) is 17.0 Å². The van der Waals surface area contributed by atoms with Crippen LogP contribution in [-0.4, -0.2) is 33.0 Å². The van der Waals surface area contributed by atoms with Gasteiger partial charge in [0.2, 0.25) is 5.82 Å². The Morgan fingerprint density at radius 2 is 1.94 bits per heavy atom. The molecule has 0 saturated carbocycles. The highest BCUT2D eigenvalue weighted by molar-refractivity contribution is 7.98. The summed E-state index contributed by atoms with van der Waals surface area (Å²) in [5.74, 6) is 1.11. The van der Waals surface area contributed by atoms with Crippen molar-refractivity contribution in [3.63, 3.8) is 0 Å². The topological polar surface area (TPSA) is 54.2 Å². The number of nitrogens with zero attached hydrogens (tertiary/aromatic N) is 3. The molecule has 0 radical (unpaired) electrons. The normalized spacial score (nSPS) is 16.6. The Morgan fingerprint density at radius 3 is 2.61 bits per heavy atom. The standard InChI is InChI=1S/C24H26N4OS2/c1-5-13-28-16(3)20(21(25-24(28)30)17-9-11-19(31-4)12-10-17)23-26-22(27-29-23)18-8-6-7-15(2)14-18/h6-12,14,21H,5,13H2,1-4H3,(H,25,30). The monoisotopic (exact) mass is 450 g/mol. The third-order valence-electron chi connectivity index (χ3n) is 5.43. The van der Waals surface area contributed by atoms with Crippen LogP contribution in [0.4, 0.5) is 0 Å². The summed E-state index contributed by atoms with van der Waals surface area (Å²) in [5.41, 5.74) is 5.22. The minimum Gasteiger partial charge on any atom is -0.351 e. The zero-order valence-electron chi connectivity index (χ0n) is 18.2. The molecular formula is C24H26N4OS2. The summed E-state index contributed by atoms with van der Waals surface area (Å²) in [4.78, 5) is 8.11.